The third kappa shape index (κ3) is 4.56. The number of carbonyl (C=O) groups excluding carboxylic acids is 2. The average molecular weight is 437 g/mol. The number of likely N-dealkylation sites (tertiary alicyclic amines) is 1. The summed E-state index contributed by atoms with van der Waals surface area (Å²) in [5, 5.41) is 4.20. The molecule has 1 unspecified atom stereocenters. The van der Waals surface area contributed by atoms with Gasteiger partial charge in [-0.1, -0.05) is 24.3 Å². The van der Waals surface area contributed by atoms with Gasteiger partial charge in [-0.2, -0.15) is 5.10 Å². The molecule has 1 aromatic heterocycles. The highest BCUT2D eigenvalue weighted by Crippen LogP contribution is 2.32. The highest BCUT2D eigenvalue weighted by Gasteiger charge is 2.35. The van der Waals surface area contributed by atoms with Crippen LogP contribution in [0.2, 0.25) is 0 Å². The maximum absolute atomic E-state index is 13.5. The summed E-state index contributed by atoms with van der Waals surface area (Å²) in [4.78, 5) is 30.2. The van der Waals surface area contributed by atoms with Gasteiger partial charge in [-0.05, 0) is 49.8 Å². The van der Waals surface area contributed by atoms with Crippen LogP contribution in [0.25, 0.3) is 0 Å². The summed E-state index contributed by atoms with van der Waals surface area (Å²) in [6.45, 7) is 4.49. The van der Waals surface area contributed by atoms with E-state index in [1.165, 1.54) is 0 Å². The molecule has 0 N–H and O–H groups in total. The number of nitrogens with zero attached hydrogens (tertiary/aromatic N) is 4. The van der Waals surface area contributed by atoms with Crippen molar-refractivity contribution in [2.45, 2.75) is 32.7 Å². The number of ether oxygens (including phenoxy) is 1. The summed E-state index contributed by atoms with van der Waals surface area (Å²) in [5.41, 5.74) is 2.62. The van der Waals surface area contributed by atoms with Crippen LogP contribution in [0.4, 0.5) is 0 Å². The minimum atomic E-state index is -0.0308. The largest absolute Gasteiger partial charge is 0.497 e. The lowest BCUT2D eigenvalue weighted by atomic mass is 9.81. The summed E-state index contributed by atoms with van der Waals surface area (Å²) < 4.78 is 7.06. The van der Waals surface area contributed by atoms with E-state index >= 15 is 0 Å². The number of hydrogen-bond donors (Lipinski definition) is 0. The van der Waals surface area contributed by atoms with Gasteiger partial charge in [-0.15, -0.1) is 0 Å². The first-order chi connectivity index (χ1) is 15.5. The molecule has 2 aliphatic heterocycles. The van der Waals surface area contributed by atoms with Crippen LogP contribution in [0.1, 0.15) is 40.9 Å². The monoisotopic (exact) mass is 436 g/mol. The second-order valence-corrected chi connectivity index (χ2v) is 8.78. The number of carbonyl (C=O) groups is 2. The number of amides is 2. The molecule has 1 atom stereocenters. The summed E-state index contributed by atoms with van der Waals surface area (Å²) in [7, 11) is 3.50. The minimum Gasteiger partial charge on any atom is -0.497 e. The van der Waals surface area contributed by atoms with Crippen LogP contribution >= 0.6 is 0 Å². The van der Waals surface area contributed by atoms with E-state index in [2.05, 4.69) is 17.3 Å². The predicted molar refractivity (Wildman–Crippen MR) is 122 cm³/mol. The van der Waals surface area contributed by atoms with Gasteiger partial charge in [0.1, 0.15) is 5.75 Å². The van der Waals surface area contributed by atoms with Gasteiger partial charge in [-0.25, -0.2) is 0 Å². The molecule has 0 bridgehead atoms. The number of aryl methyl sites for hydroxylation is 1. The summed E-state index contributed by atoms with van der Waals surface area (Å²) in [5.74, 6) is 1.32. The van der Waals surface area contributed by atoms with E-state index in [0.29, 0.717) is 31.7 Å². The lowest BCUT2D eigenvalue weighted by molar-refractivity contribution is -0.137. The fourth-order valence-electron chi connectivity index (χ4n) is 4.78. The Kier molecular flexibility index (Phi) is 6.63. The van der Waals surface area contributed by atoms with E-state index in [0.717, 1.165) is 36.3 Å². The van der Waals surface area contributed by atoms with Crippen molar-refractivity contribution in [3.63, 3.8) is 0 Å². The standard InChI is InChI=1S/C25H32N4O3/c1-18-23(16-26-27(18)2)25(31)28-13-10-20(11-14-28)22-9-4-5-12-29(24(22)30)17-19-7-6-8-21(15-19)32-3/h4-8,15-16,20,22H,9-14,17H2,1-3H3. The third-order valence-corrected chi connectivity index (χ3v) is 6.88. The first kappa shape index (κ1) is 22.1. The third-order valence-electron chi connectivity index (χ3n) is 6.88. The van der Waals surface area contributed by atoms with Crippen molar-refractivity contribution in [2.75, 3.05) is 26.7 Å². The molecule has 0 saturated carbocycles. The number of methoxy groups -OCH3 is 1. The Labute approximate surface area is 189 Å². The lowest BCUT2D eigenvalue weighted by Gasteiger charge is -2.36. The quantitative estimate of drug-likeness (QED) is 0.675. The van der Waals surface area contributed by atoms with Crippen molar-refractivity contribution in [3.05, 3.63) is 59.4 Å². The van der Waals surface area contributed by atoms with Crippen molar-refractivity contribution < 1.29 is 14.3 Å². The Hall–Kier alpha value is -3.09. The number of benzene rings is 1. The second kappa shape index (κ2) is 9.59. The van der Waals surface area contributed by atoms with Gasteiger partial charge in [0.15, 0.2) is 0 Å². The molecule has 170 valence electrons. The molecule has 3 heterocycles. The zero-order valence-corrected chi connectivity index (χ0v) is 19.2. The van der Waals surface area contributed by atoms with Crippen LogP contribution in [-0.4, -0.2) is 58.1 Å². The summed E-state index contributed by atoms with van der Waals surface area (Å²) in [6.07, 6.45) is 8.37. The van der Waals surface area contributed by atoms with Crippen molar-refractivity contribution in [3.8, 4) is 5.75 Å². The van der Waals surface area contributed by atoms with Crippen molar-refractivity contribution >= 4 is 11.8 Å². The van der Waals surface area contributed by atoms with Gasteiger partial charge < -0.3 is 14.5 Å². The smallest absolute Gasteiger partial charge is 0.257 e. The highest BCUT2D eigenvalue weighted by atomic mass is 16.5. The first-order valence-electron chi connectivity index (χ1n) is 11.3. The zero-order chi connectivity index (χ0) is 22.7. The van der Waals surface area contributed by atoms with Crippen LogP contribution in [-0.2, 0) is 18.4 Å². The van der Waals surface area contributed by atoms with Gasteiger partial charge in [0.25, 0.3) is 5.91 Å². The van der Waals surface area contributed by atoms with Crippen molar-refractivity contribution in [1.29, 1.82) is 0 Å². The fraction of sp³-hybridized carbons (Fsp3) is 0.480. The van der Waals surface area contributed by atoms with Gasteiger partial charge in [0.05, 0.1) is 18.9 Å². The number of aromatic nitrogens is 2. The Balaban J connectivity index is 1.40. The topological polar surface area (TPSA) is 67.7 Å². The molecule has 2 aliphatic rings. The van der Waals surface area contributed by atoms with Gasteiger partial charge >= 0.3 is 0 Å². The number of rotatable bonds is 5. The van der Waals surface area contributed by atoms with Gasteiger partial charge in [0, 0.05) is 44.8 Å². The molecule has 1 aromatic carbocycles. The van der Waals surface area contributed by atoms with Crippen molar-refractivity contribution in [1.82, 2.24) is 19.6 Å². The molecule has 0 aliphatic carbocycles. The van der Waals surface area contributed by atoms with Crippen LogP contribution < -0.4 is 4.74 Å². The fourth-order valence-corrected chi connectivity index (χ4v) is 4.78. The Morgan fingerprint density at radius 2 is 2.00 bits per heavy atom. The molecule has 0 spiro atoms. The van der Waals surface area contributed by atoms with Crippen LogP contribution in [0.15, 0.2) is 42.6 Å². The Bertz CT molecular complexity index is 1000. The van der Waals surface area contributed by atoms with Crippen LogP contribution in [0.5, 0.6) is 5.75 Å². The Morgan fingerprint density at radius 1 is 1.22 bits per heavy atom. The van der Waals surface area contributed by atoms with Gasteiger partial charge in [0.2, 0.25) is 5.91 Å². The normalized spacial score (nSPS) is 19.8. The van der Waals surface area contributed by atoms with Crippen LogP contribution in [0.3, 0.4) is 0 Å². The average Bonchev–Trinajstić information content (AvgIpc) is 3.04. The van der Waals surface area contributed by atoms with Gasteiger partial charge in [-0.3, -0.25) is 14.3 Å². The van der Waals surface area contributed by atoms with Crippen molar-refractivity contribution in [2.24, 2.45) is 18.9 Å². The highest BCUT2D eigenvalue weighted by molar-refractivity contribution is 5.95. The minimum absolute atomic E-state index is 0.0308. The van der Waals surface area contributed by atoms with Crippen LogP contribution in [0, 0.1) is 18.8 Å². The molecule has 0 radical (unpaired) electrons. The summed E-state index contributed by atoms with van der Waals surface area (Å²) >= 11 is 0. The number of allylic oxidation sites excluding steroid dienone is 1. The maximum Gasteiger partial charge on any atom is 0.257 e. The molecule has 7 nitrogen and oxygen atoms in total. The second-order valence-electron chi connectivity index (χ2n) is 8.78. The molecular weight excluding hydrogens is 404 g/mol. The van der Waals surface area contributed by atoms with E-state index in [9.17, 15) is 9.59 Å². The predicted octanol–water partition coefficient (Wildman–Crippen LogP) is 3.19. The molecule has 2 amide bonds. The molecule has 7 heteroatoms. The molecule has 2 aromatic rings. The van der Waals surface area contributed by atoms with E-state index in [-0.39, 0.29) is 23.7 Å². The Morgan fingerprint density at radius 3 is 2.69 bits per heavy atom. The molecular formula is C25H32N4O3. The molecule has 1 fully saturated rings. The number of hydrogen-bond acceptors (Lipinski definition) is 4. The molecule has 1 saturated heterocycles. The van der Waals surface area contributed by atoms with E-state index in [1.807, 2.05) is 48.0 Å². The SMILES string of the molecule is COc1cccc(CN2CC=CCC(C3CCN(C(=O)c4cnn(C)c4C)CC3)C2=O)c1. The van der Waals surface area contributed by atoms with E-state index in [1.54, 1.807) is 18.0 Å². The van der Waals surface area contributed by atoms with E-state index in [4.69, 9.17) is 4.74 Å². The molecule has 4 rings (SSSR count). The maximum atomic E-state index is 13.5. The number of piperidine rings is 1. The first-order valence-corrected chi connectivity index (χ1v) is 11.3. The zero-order valence-electron chi connectivity index (χ0n) is 19.2. The molecule has 32 heavy (non-hydrogen) atoms. The lowest BCUT2D eigenvalue weighted by Crippen LogP contribution is -2.44. The summed E-state index contributed by atoms with van der Waals surface area (Å²) in [6, 6.07) is 7.89. The van der Waals surface area contributed by atoms with E-state index < -0.39 is 0 Å².